The van der Waals surface area contributed by atoms with Crippen molar-refractivity contribution in [2.24, 2.45) is 5.92 Å². The lowest BCUT2D eigenvalue weighted by Crippen LogP contribution is -2.24. The molecular formula is C20H27N5O5. The number of fused-ring (bicyclic) bond motifs is 1. The Bertz CT molecular complexity index is 1030. The van der Waals surface area contributed by atoms with Gasteiger partial charge in [0.2, 0.25) is 11.9 Å². The van der Waals surface area contributed by atoms with Gasteiger partial charge < -0.3 is 14.9 Å². The van der Waals surface area contributed by atoms with E-state index in [2.05, 4.69) is 39.1 Å². The molecule has 0 spiro atoms. The Morgan fingerprint density at radius 3 is 2.87 bits per heavy atom. The fourth-order valence-electron chi connectivity index (χ4n) is 3.09. The van der Waals surface area contributed by atoms with Gasteiger partial charge in [0.1, 0.15) is 11.5 Å². The van der Waals surface area contributed by atoms with Crippen LogP contribution >= 0.6 is 0 Å². The van der Waals surface area contributed by atoms with Gasteiger partial charge in [0.05, 0.1) is 12.7 Å². The van der Waals surface area contributed by atoms with Crippen molar-refractivity contribution in [3.8, 4) is 11.8 Å². The monoisotopic (exact) mass is 417 g/mol. The lowest BCUT2D eigenvalue weighted by atomic mass is 10.2. The lowest BCUT2D eigenvalue weighted by molar-refractivity contribution is -0.118. The summed E-state index contributed by atoms with van der Waals surface area (Å²) in [5.41, 5.74) is -0.0436. The number of ether oxygens (including phenoxy) is 1. The van der Waals surface area contributed by atoms with Crippen molar-refractivity contribution in [3.63, 3.8) is 0 Å². The van der Waals surface area contributed by atoms with Crippen LogP contribution in [0.4, 0.5) is 5.95 Å². The molecule has 0 aliphatic carbocycles. The van der Waals surface area contributed by atoms with Gasteiger partial charge in [-0.15, -0.1) is 0 Å². The molecule has 1 aliphatic rings. The maximum atomic E-state index is 12.8. The molecule has 4 N–H and O–H groups in total. The third-order valence-corrected chi connectivity index (χ3v) is 4.85. The average Bonchev–Trinajstić information content (AvgIpc) is 3.25. The Labute approximate surface area is 173 Å². The van der Waals surface area contributed by atoms with Gasteiger partial charge in [-0.2, -0.15) is 10.1 Å². The number of aliphatic hydroxyl groups is 2. The van der Waals surface area contributed by atoms with Crippen LogP contribution in [0.3, 0.4) is 0 Å². The van der Waals surface area contributed by atoms with E-state index < -0.39 is 24.0 Å². The van der Waals surface area contributed by atoms with E-state index in [1.54, 1.807) is 13.8 Å². The predicted octanol–water partition coefficient (Wildman–Crippen LogP) is 0.896. The number of carbonyl (C=O) groups excluding carboxylic acids is 1. The Morgan fingerprint density at radius 1 is 1.47 bits per heavy atom. The van der Waals surface area contributed by atoms with Crippen molar-refractivity contribution in [1.29, 1.82) is 0 Å². The number of amides is 1. The van der Waals surface area contributed by atoms with Crippen LogP contribution < -0.4 is 10.9 Å². The molecule has 10 nitrogen and oxygen atoms in total. The number of rotatable bonds is 6. The smallest absolute Gasteiger partial charge is 0.264 e. The Balaban J connectivity index is 2.08. The van der Waals surface area contributed by atoms with E-state index in [9.17, 15) is 19.8 Å². The lowest BCUT2D eigenvalue weighted by Gasteiger charge is -2.13. The number of nitrogens with one attached hydrogen (secondary N) is 2. The van der Waals surface area contributed by atoms with Gasteiger partial charge in [-0.25, -0.2) is 4.68 Å². The first-order valence-corrected chi connectivity index (χ1v) is 10.1. The zero-order valence-corrected chi connectivity index (χ0v) is 17.3. The Hall–Kier alpha value is -2.74. The highest BCUT2D eigenvalue weighted by Gasteiger charge is 2.36. The number of hydrogen-bond acceptors (Lipinski definition) is 7. The summed E-state index contributed by atoms with van der Waals surface area (Å²) in [6.45, 7) is 5.17. The molecule has 0 saturated carbocycles. The molecule has 162 valence electrons. The van der Waals surface area contributed by atoms with Crippen LogP contribution in [0.2, 0.25) is 0 Å². The first-order valence-electron chi connectivity index (χ1n) is 10.1. The second-order valence-electron chi connectivity index (χ2n) is 7.57. The van der Waals surface area contributed by atoms with Crippen LogP contribution in [0.25, 0.3) is 11.0 Å². The van der Waals surface area contributed by atoms with Crippen molar-refractivity contribution < 1.29 is 19.7 Å². The van der Waals surface area contributed by atoms with Crippen LogP contribution in [0.1, 0.15) is 58.4 Å². The van der Waals surface area contributed by atoms with E-state index in [-0.39, 0.29) is 47.5 Å². The minimum absolute atomic E-state index is 0.00454. The molecule has 0 aromatic carbocycles. The van der Waals surface area contributed by atoms with Crippen molar-refractivity contribution in [2.45, 2.75) is 64.9 Å². The molecular weight excluding hydrogens is 390 g/mol. The van der Waals surface area contributed by atoms with Gasteiger partial charge in [0, 0.05) is 18.8 Å². The topological polar surface area (TPSA) is 142 Å². The maximum absolute atomic E-state index is 12.8. The third kappa shape index (κ3) is 4.53. The normalized spacial score (nSPS) is 21.1. The summed E-state index contributed by atoms with van der Waals surface area (Å²) in [6, 6.07) is 0. The minimum Gasteiger partial charge on any atom is -0.394 e. The molecule has 3 heterocycles. The van der Waals surface area contributed by atoms with Gasteiger partial charge in [0.25, 0.3) is 5.56 Å². The van der Waals surface area contributed by atoms with Crippen LogP contribution in [0.5, 0.6) is 0 Å². The molecule has 1 aliphatic heterocycles. The number of nitrogens with zero attached hydrogens (tertiary/aromatic N) is 3. The molecule has 2 aromatic heterocycles. The largest absolute Gasteiger partial charge is 0.394 e. The third-order valence-electron chi connectivity index (χ3n) is 4.85. The number of anilines is 1. The van der Waals surface area contributed by atoms with Gasteiger partial charge >= 0.3 is 0 Å². The summed E-state index contributed by atoms with van der Waals surface area (Å²) in [7, 11) is 0. The second kappa shape index (κ2) is 9.38. The standard InChI is InChI=1S/C20H27N5O5/c1-4-5-6-7-8-12-16-17(21-20(23-19(16)29)22-18(28)11(2)3)25(24-12)15-9-13(27)14(10-26)30-15/h11,13-15,26-27H,4-6,9-10H2,1-3H3,(H2,21,22,23,28,29)/t13-,14+,15+/m0/s1. The summed E-state index contributed by atoms with van der Waals surface area (Å²) in [5.74, 6) is 5.34. The first kappa shape index (κ1) is 22.0. The highest BCUT2D eigenvalue weighted by molar-refractivity contribution is 5.91. The highest BCUT2D eigenvalue weighted by atomic mass is 16.5. The van der Waals surface area contributed by atoms with E-state index in [0.717, 1.165) is 12.8 Å². The number of H-pyrrole nitrogens is 1. The van der Waals surface area contributed by atoms with Crippen LogP contribution in [-0.4, -0.2) is 54.7 Å². The van der Waals surface area contributed by atoms with Gasteiger partial charge in [-0.3, -0.25) is 19.9 Å². The number of hydrogen-bond donors (Lipinski definition) is 4. The molecule has 10 heteroatoms. The predicted molar refractivity (Wildman–Crippen MR) is 110 cm³/mol. The quantitative estimate of drug-likeness (QED) is 0.404. The van der Waals surface area contributed by atoms with E-state index in [4.69, 9.17) is 4.74 Å². The van der Waals surface area contributed by atoms with Gasteiger partial charge in [0.15, 0.2) is 17.6 Å². The van der Waals surface area contributed by atoms with E-state index in [1.165, 1.54) is 4.68 Å². The number of carbonyl (C=O) groups is 1. The van der Waals surface area contributed by atoms with E-state index in [1.807, 2.05) is 0 Å². The summed E-state index contributed by atoms with van der Waals surface area (Å²) < 4.78 is 7.07. The molecule has 0 unspecified atom stereocenters. The molecule has 3 rings (SSSR count). The van der Waals surface area contributed by atoms with Gasteiger partial charge in [-0.1, -0.05) is 33.1 Å². The van der Waals surface area contributed by atoms with Crippen LogP contribution in [-0.2, 0) is 9.53 Å². The van der Waals surface area contributed by atoms with Crippen molar-refractivity contribution in [1.82, 2.24) is 19.7 Å². The number of aliphatic hydroxyl groups excluding tert-OH is 2. The minimum atomic E-state index is -0.875. The van der Waals surface area contributed by atoms with E-state index in [0.29, 0.717) is 6.42 Å². The van der Waals surface area contributed by atoms with Gasteiger partial charge in [-0.05, 0) is 12.3 Å². The SMILES string of the molecule is CCCCC#Cc1nn([C@H]2C[C@H](O)[C@@H](CO)O2)c2nc(NC(=O)C(C)C)[nH]c(=O)c12. The van der Waals surface area contributed by atoms with Crippen molar-refractivity contribution in [3.05, 3.63) is 16.0 Å². The summed E-state index contributed by atoms with van der Waals surface area (Å²) in [5, 5.41) is 26.6. The van der Waals surface area contributed by atoms with Crippen molar-refractivity contribution >= 4 is 22.9 Å². The molecule has 1 amide bonds. The first-order chi connectivity index (χ1) is 14.3. The zero-order valence-electron chi connectivity index (χ0n) is 17.3. The molecule has 1 fully saturated rings. The molecule has 2 aromatic rings. The average molecular weight is 417 g/mol. The second-order valence-corrected chi connectivity index (χ2v) is 7.57. The number of aromatic nitrogens is 4. The summed E-state index contributed by atoms with van der Waals surface area (Å²) >= 11 is 0. The Morgan fingerprint density at radius 2 is 2.23 bits per heavy atom. The number of aromatic amines is 1. The fourth-order valence-corrected chi connectivity index (χ4v) is 3.09. The molecule has 30 heavy (non-hydrogen) atoms. The summed E-state index contributed by atoms with van der Waals surface area (Å²) in [6.07, 6.45) is 0.421. The van der Waals surface area contributed by atoms with E-state index >= 15 is 0 Å². The molecule has 0 bridgehead atoms. The van der Waals surface area contributed by atoms with Crippen molar-refractivity contribution in [2.75, 3.05) is 11.9 Å². The number of unbranched alkanes of at least 4 members (excludes halogenated alkanes) is 2. The summed E-state index contributed by atoms with van der Waals surface area (Å²) in [4.78, 5) is 31.7. The van der Waals surface area contributed by atoms with Crippen LogP contribution in [0.15, 0.2) is 4.79 Å². The molecule has 3 atom stereocenters. The van der Waals surface area contributed by atoms with Crippen LogP contribution in [0, 0.1) is 17.8 Å². The molecule has 0 radical (unpaired) electrons. The maximum Gasteiger partial charge on any atom is 0.264 e. The fraction of sp³-hybridized carbons (Fsp3) is 0.600. The Kier molecular flexibility index (Phi) is 6.87. The molecule has 1 saturated heterocycles. The zero-order chi connectivity index (χ0) is 21.8. The highest BCUT2D eigenvalue weighted by Crippen LogP contribution is 2.30.